The summed E-state index contributed by atoms with van der Waals surface area (Å²) in [5.41, 5.74) is 2.33. The highest BCUT2D eigenvalue weighted by atomic mass is 35.5. The lowest BCUT2D eigenvalue weighted by atomic mass is 10.1. The SMILES string of the molecule is CCc1ccc(NC2CCOCC2)cc1Cl. The Labute approximate surface area is 102 Å². The Kier molecular flexibility index (Phi) is 4.08. The summed E-state index contributed by atoms with van der Waals surface area (Å²) in [5, 5.41) is 4.37. The average molecular weight is 240 g/mol. The van der Waals surface area contributed by atoms with E-state index in [9.17, 15) is 0 Å². The Morgan fingerprint density at radius 2 is 2.12 bits per heavy atom. The van der Waals surface area contributed by atoms with Crippen LogP contribution >= 0.6 is 11.6 Å². The minimum atomic E-state index is 0.525. The van der Waals surface area contributed by atoms with Crippen molar-refractivity contribution in [1.29, 1.82) is 0 Å². The molecule has 0 radical (unpaired) electrons. The molecular weight excluding hydrogens is 222 g/mol. The van der Waals surface area contributed by atoms with Gasteiger partial charge in [0.15, 0.2) is 0 Å². The van der Waals surface area contributed by atoms with Gasteiger partial charge in [-0.1, -0.05) is 24.6 Å². The second-order valence-corrected chi connectivity index (χ2v) is 4.60. The number of aryl methyl sites for hydroxylation is 1. The molecule has 1 aromatic rings. The largest absolute Gasteiger partial charge is 0.382 e. The van der Waals surface area contributed by atoms with Crippen molar-refractivity contribution in [1.82, 2.24) is 0 Å². The van der Waals surface area contributed by atoms with Gasteiger partial charge >= 0.3 is 0 Å². The van der Waals surface area contributed by atoms with E-state index in [1.54, 1.807) is 0 Å². The Morgan fingerprint density at radius 1 is 1.38 bits per heavy atom. The van der Waals surface area contributed by atoms with Gasteiger partial charge in [0.25, 0.3) is 0 Å². The molecule has 1 aliphatic heterocycles. The van der Waals surface area contributed by atoms with Crippen LogP contribution in [0.3, 0.4) is 0 Å². The Balaban J connectivity index is 2.01. The first-order chi connectivity index (χ1) is 7.79. The summed E-state index contributed by atoms with van der Waals surface area (Å²) in [6.07, 6.45) is 3.14. The molecule has 0 aromatic heterocycles. The highest BCUT2D eigenvalue weighted by molar-refractivity contribution is 6.31. The van der Waals surface area contributed by atoms with E-state index in [0.29, 0.717) is 6.04 Å². The quantitative estimate of drug-likeness (QED) is 0.872. The van der Waals surface area contributed by atoms with Crippen LogP contribution in [0.1, 0.15) is 25.3 Å². The third-order valence-electron chi connectivity index (χ3n) is 3.03. The molecule has 88 valence electrons. The molecule has 1 aliphatic rings. The van der Waals surface area contributed by atoms with E-state index in [1.807, 2.05) is 6.07 Å². The van der Waals surface area contributed by atoms with E-state index < -0.39 is 0 Å². The van der Waals surface area contributed by atoms with E-state index in [1.165, 1.54) is 5.56 Å². The zero-order valence-electron chi connectivity index (χ0n) is 9.63. The van der Waals surface area contributed by atoms with Gasteiger partial charge in [-0.05, 0) is 37.0 Å². The van der Waals surface area contributed by atoms with Crippen molar-refractivity contribution in [3.63, 3.8) is 0 Å². The topological polar surface area (TPSA) is 21.3 Å². The first kappa shape index (κ1) is 11.7. The fourth-order valence-corrected chi connectivity index (χ4v) is 2.32. The van der Waals surface area contributed by atoms with E-state index >= 15 is 0 Å². The Bertz CT molecular complexity index is 348. The van der Waals surface area contributed by atoms with Crippen LogP contribution in [0.5, 0.6) is 0 Å². The van der Waals surface area contributed by atoms with Gasteiger partial charge in [0, 0.05) is 30.0 Å². The van der Waals surface area contributed by atoms with Crippen molar-refractivity contribution in [3.05, 3.63) is 28.8 Å². The molecule has 0 amide bonds. The van der Waals surface area contributed by atoms with Crippen LogP contribution in [0.2, 0.25) is 5.02 Å². The van der Waals surface area contributed by atoms with E-state index in [-0.39, 0.29) is 0 Å². The summed E-state index contributed by atoms with van der Waals surface area (Å²) < 4.78 is 5.33. The third kappa shape index (κ3) is 2.89. The molecule has 0 unspecified atom stereocenters. The molecule has 1 N–H and O–H groups in total. The summed E-state index contributed by atoms with van der Waals surface area (Å²) in [6.45, 7) is 3.84. The highest BCUT2D eigenvalue weighted by Crippen LogP contribution is 2.23. The van der Waals surface area contributed by atoms with E-state index in [4.69, 9.17) is 16.3 Å². The normalized spacial score (nSPS) is 17.4. The number of rotatable bonds is 3. The van der Waals surface area contributed by atoms with Crippen molar-refractivity contribution < 1.29 is 4.74 Å². The number of benzene rings is 1. The highest BCUT2D eigenvalue weighted by Gasteiger charge is 2.13. The predicted octanol–water partition coefficient (Wildman–Crippen LogP) is 3.49. The van der Waals surface area contributed by atoms with Crippen LogP contribution in [0.4, 0.5) is 5.69 Å². The molecule has 2 rings (SSSR count). The minimum absolute atomic E-state index is 0.525. The smallest absolute Gasteiger partial charge is 0.0485 e. The standard InChI is InChI=1S/C13H18ClNO/c1-2-10-3-4-12(9-13(10)14)15-11-5-7-16-8-6-11/h3-4,9,11,15H,2,5-8H2,1H3. The lowest BCUT2D eigenvalue weighted by Crippen LogP contribution is -2.27. The van der Waals surface area contributed by atoms with Gasteiger partial charge in [-0.3, -0.25) is 0 Å². The van der Waals surface area contributed by atoms with Crippen LogP contribution in [0.25, 0.3) is 0 Å². The van der Waals surface area contributed by atoms with Gasteiger partial charge < -0.3 is 10.1 Å². The van der Waals surface area contributed by atoms with Crippen molar-refractivity contribution in [2.24, 2.45) is 0 Å². The molecule has 0 aliphatic carbocycles. The summed E-state index contributed by atoms with van der Waals surface area (Å²) in [6, 6.07) is 6.76. The van der Waals surface area contributed by atoms with Crippen LogP contribution < -0.4 is 5.32 Å². The van der Waals surface area contributed by atoms with Crippen LogP contribution in [-0.4, -0.2) is 19.3 Å². The van der Waals surface area contributed by atoms with Gasteiger partial charge in [-0.25, -0.2) is 0 Å². The molecule has 1 aromatic carbocycles. The lowest BCUT2D eigenvalue weighted by Gasteiger charge is -2.24. The van der Waals surface area contributed by atoms with Crippen LogP contribution in [0.15, 0.2) is 18.2 Å². The van der Waals surface area contributed by atoms with Gasteiger partial charge in [-0.15, -0.1) is 0 Å². The van der Waals surface area contributed by atoms with Gasteiger partial charge in [0.05, 0.1) is 0 Å². The summed E-state index contributed by atoms with van der Waals surface area (Å²) in [5.74, 6) is 0. The summed E-state index contributed by atoms with van der Waals surface area (Å²) in [4.78, 5) is 0. The molecule has 1 heterocycles. The number of ether oxygens (including phenoxy) is 1. The first-order valence-corrected chi connectivity index (χ1v) is 6.30. The van der Waals surface area contributed by atoms with Crippen LogP contribution in [0, 0.1) is 0 Å². The monoisotopic (exact) mass is 239 g/mol. The maximum Gasteiger partial charge on any atom is 0.0485 e. The van der Waals surface area contributed by atoms with E-state index in [0.717, 1.165) is 43.2 Å². The average Bonchev–Trinajstić information content (AvgIpc) is 2.31. The van der Waals surface area contributed by atoms with Crippen LogP contribution in [-0.2, 0) is 11.2 Å². The predicted molar refractivity (Wildman–Crippen MR) is 68.3 cm³/mol. The van der Waals surface area contributed by atoms with Gasteiger partial charge in [0.2, 0.25) is 0 Å². The minimum Gasteiger partial charge on any atom is -0.382 e. The second kappa shape index (κ2) is 5.55. The maximum atomic E-state index is 6.18. The number of nitrogens with one attached hydrogen (secondary N) is 1. The van der Waals surface area contributed by atoms with E-state index in [2.05, 4.69) is 24.4 Å². The third-order valence-corrected chi connectivity index (χ3v) is 3.38. The molecule has 0 bridgehead atoms. The molecule has 1 fully saturated rings. The second-order valence-electron chi connectivity index (χ2n) is 4.19. The molecule has 2 nitrogen and oxygen atoms in total. The zero-order valence-corrected chi connectivity index (χ0v) is 10.4. The number of anilines is 1. The lowest BCUT2D eigenvalue weighted by molar-refractivity contribution is 0.0904. The van der Waals surface area contributed by atoms with Gasteiger partial charge in [-0.2, -0.15) is 0 Å². The molecular formula is C13H18ClNO. The number of halogens is 1. The maximum absolute atomic E-state index is 6.18. The summed E-state index contributed by atoms with van der Waals surface area (Å²) in [7, 11) is 0. The molecule has 16 heavy (non-hydrogen) atoms. The van der Waals surface area contributed by atoms with Crippen molar-refractivity contribution >= 4 is 17.3 Å². The van der Waals surface area contributed by atoms with Crippen molar-refractivity contribution in [3.8, 4) is 0 Å². The number of hydrogen-bond donors (Lipinski definition) is 1. The first-order valence-electron chi connectivity index (χ1n) is 5.92. The Hall–Kier alpha value is -0.730. The van der Waals surface area contributed by atoms with Crippen molar-refractivity contribution in [2.45, 2.75) is 32.2 Å². The summed E-state index contributed by atoms with van der Waals surface area (Å²) >= 11 is 6.18. The fraction of sp³-hybridized carbons (Fsp3) is 0.538. The van der Waals surface area contributed by atoms with Gasteiger partial charge in [0.1, 0.15) is 0 Å². The zero-order chi connectivity index (χ0) is 11.4. The van der Waals surface area contributed by atoms with Crippen molar-refractivity contribution in [2.75, 3.05) is 18.5 Å². The molecule has 0 saturated carbocycles. The molecule has 3 heteroatoms. The molecule has 0 spiro atoms. The molecule has 1 saturated heterocycles. The fourth-order valence-electron chi connectivity index (χ4n) is 2.00. The molecule has 0 atom stereocenters. The Morgan fingerprint density at radius 3 is 2.75 bits per heavy atom. The number of hydrogen-bond acceptors (Lipinski definition) is 2.